The Hall–Kier alpha value is -2.46. The smallest absolute Gasteiger partial charge is 0.337 e. The van der Waals surface area contributed by atoms with Crippen LogP contribution in [0, 0.1) is 0 Å². The lowest BCUT2D eigenvalue weighted by molar-refractivity contribution is 0.0692. The first-order chi connectivity index (χ1) is 9.82. The Morgan fingerprint density at radius 1 is 1.48 bits per heavy atom. The topological polar surface area (TPSA) is 142 Å². The van der Waals surface area contributed by atoms with E-state index in [2.05, 4.69) is 15.2 Å². The summed E-state index contributed by atoms with van der Waals surface area (Å²) in [7, 11) is -2.72. The number of aromatic carboxylic acids is 1. The number of aromatic nitrogens is 3. The number of H-pyrrole nitrogens is 1. The molecule has 2 rings (SSSR count). The highest BCUT2D eigenvalue weighted by Gasteiger charge is 2.27. The standard InChI is InChI=1S/C11H13N5O4S/c1-16(5-10-13-6-14-15-10)21(19,20)9-4-7(12)2-3-8(9)11(17)18/h2-4,6H,5,12H2,1H3,(H,17,18)(H,13,14,15). The van der Waals surface area contributed by atoms with Crippen molar-refractivity contribution in [2.75, 3.05) is 12.8 Å². The molecule has 0 amide bonds. The summed E-state index contributed by atoms with van der Waals surface area (Å²) in [5.41, 5.74) is 5.38. The van der Waals surface area contributed by atoms with Crippen molar-refractivity contribution in [2.45, 2.75) is 11.4 Å². The van der Waals surface area contributed by atoms with Crippen molar-refractivity contribution in [3.8, 4) is 0 Å². The molecule has 1 aromatic heterocycles. The second-order valence-electron chi connectivity index (χ2n) is 4.25. The van der Waals surface area contributed by atoms with Crippen LogP contribution in [0.25, 0.3) is 0 Å². The second kappa shape index (κ2) is 5.50. The molecule has 9 nitrogen and oxygen atoms in total. The molecule has 0 fully saturated rings. The summed E-state index contributed by atoms with van der Waals surface area (Å²) >= 11 is 0. The van der Waals surface area contributed by atoms with Gasteiger partial charge in [-0.1, -0.05) is 0 Å². The number of rotatable bonds is 5. The molecule has 10 heteroatoms. The Morgan fingerprint density at radius 3 is 2.76 bits per heavy atom. The predicted octanol–water partition coefficient (Wildman–Crippen LogP) is -0.0942. The average molecular weight is 311 g/mol. The predicted molar refractivity (Wildman–Crippen MR) is 72.8 cm³/mol. The van der Waals surface area contributed by atoms with Crippen LogP contribution in [0.4, 0.5) is 5.69 Å². The number of anilines is 1. The number of aromatic amines is 1. The van der Waals surface area contributed by atoms with Gasteiger partial charge >= 0.3 is 5.97 Å². The fourth-order valence-electron chi connectivity index (χ4n) is 1.70. The van der Waals surface area contributed by atoms with E-state index < -0.39 is 16.0 Å². The minimum absolute atomic E-state index is 0.0732. The third-order valence-electron chi connectivity index (χ3n) is 2.76. The van der Waals surface area contributed by atoms with Crippen LogP contribution in [-0.4, -0.2) is 46.0 Å². The number of hydrogen-bond donors (Lipinski definition) is 3. The lowest BCUT2D eigenvalue weighted by atomic mass is 10.2. The van der Waals surface area contributed by atoms with Crippen LogP contribution in [0.5, 0.6) is 0 Å². The van der Waals surface area contributed by atoms with Gasteiger partial charge in [-0.2, -0.15) is 9.40 Å². The normalized spacial score (nSPS) is 11.7. The SMILES string of the molecule is CN(Cc1ncn[nH]1)S(=O)(=O)c1cc(N)ccc1C(=O)O. The summed E-state index contributed by atoms with van der Waals surface area (Å²) in [6.07, 6.45) is 1.25. The first-order valence-corrected chi connectivity index (χ1v) is 7.20. The number of sulfonamides is 1. The van der Waals surface area contributed by atoms with Crippen LogP contribution in [-0.2, 0) is 16.6 Å². The van der Waals surface area contributed by atoms with Gasteiger partial charge in [0.05, 0.1) is 17.0 Å². The van der Waals surface area contributed by atoms with E-state index >= 15 is 0 Å². The molecule has 0 saturated heterocycles. The van der Waals surface area contributed by atoms with Crippen LogP contribution < -0.4 is 5.73 Å². The number of nitrogens with zero attached hydrogens (tertiary/aromatic N) is 3. The van der Waals surface area contributed by atoms with Gasteiger partial charge in [-0.25, -0.2) is 18.2 Å². The fraction of sp³-hybridized carbons (Fsp3) is 0.182. The summed E-state index contributed by atoms with van der Waals surface area (Å²) in [6.45, 7) is -0.0732. The number of carboxylic acid groups (broad SMARTS) is 1. The molecule has 0 aliphatic carbocycles. The van der Waals surface area contributed by atoms with E-state index in [-0.39, 0.29) is 22.7 Å². The zero-order valence-electron chi connectivity index (χ0n) is 11.0. The Bertz CT molecular complexity index is 757. The third-order valence-corrected chi connectivity index (χ3v) is 4.60. The average Bonchev–Trinajstić information content (AvgIpc) is 2.91. The van der Waals surface area contributed by atoms with E-state index in [9.17, 15) is 13.2 Å². The van der Waals surface area contributed by atoms with Gasteiger partial charge in [0.25, 0.3) is 0 Å². The monoisotopic (exact) mass is 311 g/mol. The number of nitrogens with one attached hydrogen (secondary N) is 1. The maximum atomic E-state index is 12.5. The van der Waals surface area contributed by atoms with Crippen molar-refractivity contribution >= 4 is 21.7 Å². The molecule has 0 saturated carbocycles. The minimum atomic E-state index is -4.03. The number of carbonyl (C=O) groups is 1. The number of nitrogens with two attached hydrogens (primary N) is 1. The van der Waals surface area contributed by atoms with E-state index in [0.717, 1.165) is 16.4 Å². The summed E-state index contributed by atoms with van der Waals surface area (Å²) in [6, 6.07) is 3.61. The van der Waals surface area contributed by atoms with E-state index in [1.54, 1.807) is 0 Å². The summed E-state index contributed by atoms with van der Waals surface area (Å²) in [5.74, 6) is -1.01. The molecular weight excluding hydrogens is 298 g/mol. The first kappa shape index (κ1) is 14.9. The van der Waals surface area contributed by atoms with E-state index in [0.29, 0.717) is 5.82 Å². The lowest BCUT2D eigenvalue weighted by Crippen LogP contribution is -2.28. The molecule has 1 aromatic carbocycles. The molecule has 4 N–H and O–H groups in total. The van der Waals surface area contributed by atoms with E-state index in [1.807, 2.05) is 0 Å². The van der Waals surface area contributed by atoms with Gasteiger partial charge in [0, 0.05) is 12.7 Å². The molecule has 0 radical (unpaired) electrons. The largest absolute Gasteiger partial charge is 0.478 e. The van der Waals surface area contributed by atoms with Gasteiger partial charge in [0.1, 0.15) is 12.2 Å². The first-order valence-electron chi connectivity index (χ1n) is 5.76. The minimum Gasteiger partial charge on any atom is -0.478 e. The highest BCUT2D eigenvalue weighted by molar-refractivity contribution is 7.89. The number of nitrogen functional groups attached to an aromatic ring is 1. The van der Waals surface area contributed by atoms with Crippen LogP contribution in [0.15, 0.2) is 29.4 Å². The highest BCUT2D eigenvalue weighted by Crippen LogP contribution is 2.23. The molecule has 1 heterocycles. The van der Waals surface area contributed by atoms with Crippen LogP contribution >= 0.6 is 0 Å². The zero-order valence-corrected chi connectivity index (χ0v) is 11.8. The molecule has 0 aliphatic heterocycles. The molecule has 112 valence electrons. The number of hydrogen-bond acceptors (Lipinski definition) is 6. The molecule has 0 spiro atoms. The number of carboxylic acids is 1. The quantitative estimate of drug-likeness (QED) is 0.654. The Balaban J connectivity index is 2.43. The van der Waals surface area contributed by atoms with E-state index in [1.165, 1.54) is 19.4 Å². The Morgan fingerprint density at radius 2 is 2.19 bits per heavy atom. The molecular formula is C11H13N5O4S. The summed E-state index contributed by atoms with van der Waals surface area (Å²) in [4.78, 5) is 14.6. The van der Waals surface area contributed by atoms with Gasteiger partial charge in [-0.15, -0.1) is 0 Å². The van der Waals surface area contributed by atoms with Crippen molar-refractivity contribution in [3.05, 3.63) is 35.9 Å². The van der Waals surface area contributed by atoms with Gasteiger partial charge < -0.3 is 10.8 Å². The third kappa shape index (κ3) is 3.01. The molecule has 0 aliphatic rings. The second-order valence-corrected chi connectivity index (χ2v) is 6.27. The van der Waals surface area contributed by atoms with Gasteiger partial charge in [-0.05, 0) is 18.2 Å². The van der Waals surface area contributed by atoms with Gasteiger partial charge in [0.15, 0.2) is 0 Å². The van der Waals surface area contributed by atoms with Gasteiger partial charge in [0.2, 0.25) is 10.0 Å². The van der Waals surface area contributed by atoms with Gasteiger partial charge in [-0.3, -0.25) is 5.10 Å². The molecule has 2 aromatic rings. The zero-order chi connectivity index (χ0) is 15.6. The van der Waals surface area contributed by atoms with Crippen LogP contribution in [0.2, 0.25) is 0 Å². The maximum absolute atomic E-state index is 12.5. The lowest BCUT2D eigenvalue weighted by Gasteiger charge is -2.17. The molecule has 0 bridgehead atoms. The highest BCUT2D eigenvalue weighted by atomic mass is 32.2. The van der Waals surface area contributed by atoms with Crippen molar-refractivity contribution < 1.29 is 18.3 Å². The van der Waals surface area contributed by atoms with Crippen molar-refractivity contribution in [2.24, 2.45) is 0 Å². The summed E-state index contributed by atoms with van der Waals surface area (Å²) in [5, 5.41) is 15.3. The maximum Gasteiger partial charge on any atom is 0.337 e. The molecule has 0 unspecified atom stereocenters. The Labute approximate surface area is 120 Å². The summed E-state index contributed by atoms with van der Waals surface area (Å²) < 4.78 is 25.9. The van der Waals surface area contributed by atoms with E-state index in [4.69, 9.17) is 10.8 Å². The fourth-order valence-corrected chi connectivity index (χ4v) is 3.05. The molecule has 21 heavy (non-hydrogen) atoms. The number of benzene rings is 1. The Kier molecular flexibility index (Phi) is 3.91. The van der Waals surface area contributed by atoms with Crippen LogP contribution in [0.1, 0.15) is 16.2 Å². The van der Waals surface area contributed by atoms with Crippen molar-refractivity contribution in [1.29, 1.82) is 0 Å². The van der Waals surface area contributed by atoms with Crippen LogP contribution in [0.3, 0.4) is 0 Å². The van der Waals surface area contributed by atoms with Crippen molar-refractivity contribution in [3.63, 3.8) is 0 Å². The van der Waals surface area contributed by atoms with Crippen molar-refractivity contribution in [1.82, 2.24) is 19.5 Å². The molecule has 0 atom stereocenters.